The molecule has 0 atom stereocenters. The number of aliphatic carboxylic acids is 1. The van der Waals surface area contributed by atoms with Gasteiger partial charge in [-0.25, -0.2) is 0 Å². The SMILES string of the molecule is CC(C)CC(=O)O.Sc1ccccc1. The molecule has 0 amide bonds. The normalized spacial score (nSPS) is 9.14. The highest BCUT2D eigenvalue weighted by Crippen LogP contribution is 2.00. The summed E-state index contributed by atoms with van der Waals surface area (Å²) in [6.45, 7) is 3.77. The van der Waals surface area contributed by atoms with Gasteiger partial charge in [0, 0.05) is 11.3 Å². The number of hydrogen-bond acceptors (Lipinski definition) is 2. The molecular formula is C11H16O2S. The largest absolute Gasteiger partial charge is 0.481 e. The van der Waals surface area contributed by atoms with Gasteiger partial charge in [0.15, 0.2) is 0 Å². The molecule has 3 heteroatoms. The van der Waals surface area contributed by atoms with Crippen molar-refractivity contribution in [3.05, 3.63) is 30.3 Å². The van der Waals surface area contributed by atoms with E-state index in [0.717, 1.165) is 4.90 Å². The highest BCUT2D eigenvalue weighted by Gasteiger charge is 1.98. The summed E-state index contributed by atoms with van der Waals surface area (Å²) in [5, 5.41) is 8.08. The summed E-state index contributed by atoms with van der Waals surface area (Å²) in [6.07, 6.45) is 0.278. The van der Waals surface area contributed by atoms with Gasteiger partial charge in [0.25, 0.3) is 0 Å². The lowest BCUT2D eigenvalue weighted by atomic mass is 10.1. The van der Waals surface area contributed by atoms with Crippen LogP contribution < -0.4 is 0 Å². The van der Waals surface area contributed by atoms with Crippen LogP contribution in [0.1, 0.15) is 20.3 Å². The molecule has 0 fully saturated rings. The minimum absolute atomic E-state index is 0.275. The van der Waals surface area contributed by atoms with Crippen molar-refractivity contribution in [3.63, 3.8) is 0 Å². The smallest absolute Gasteiger partial charge is 0.303 e. The first-order valence-corrected chi connectivity index (χ1v) is 4.93. The third-order valence-electron chi connectivity index (χ3n) is 1.34. The van der Waals surface area contributed by atoms with Crippen LogP contribution in [0.4, 0.5) is 0 Å². The molecule has 0 saturated carbocycles. The summed E-state index contributed by atoms with van der Waals surface area (Å²) in [7, 11) is 0. The van der Waals surface area contributed by atoms with E-state index in [-0.39, 0.29) is 12.3 Å². The van der Waals surface area contributed by atoms with Crippen molar-refractivity contribution in [2.24, 2.45) is 5.92 Å². The number of benzene rings is 1. The highest BCUT2D eigenvalue weighted by atomic mass is 32.1. The second-order valence-electron chi connectivity index (χ2n) is 3.33. The van der Waals surface area contributed by atoms with Gasteiger partial charge in [-0.2, -0.15) is 0 Å². The Labute approximate surface area is 90.4 Å². The van der Waals surface area contributed by atoms with E-state index < -0.39 is 5.97 Å². The summed E-state index contributed by atoms with van der Waals surface area (Å²) in [5.41, 5.74) is 0. The van der Waals surface area contributed by atoms with Crippen LogP contribution in [0.3, 0.4) is 0 Å². The second kappa shape index (κ2) is 7.44. The molecule has 0 aromatic heterocycles. The average molecular weight is 212 g/mol. The first kappa shape index (κ1) is 13.0. The van der Waals surface area contributed by atoms with Crippen molar-refractivity contribution in [2.45, 2.75) is 25.2 Å². The first-order valence-electron chi connectivity index (χ1n) is 4.48. The summed E-state index contributed by atoms with van der Waals surface area (Å²) >= 11 is 4.08. The molecule has 0 spiro atoms. The molecule has 2 nitrogen and oxygen atoms in total. The molecule has 1 N–H and O–H groups in total. The Morgan fingerprint density at radius 3 is 2.00 bits per heavy atom. The van der Waals surface area contributed by atoms with Gasteiger partial charge in [-0.3, -0.25) is 4.79 Å². The zero-order chi connectivity index (χ0) is 11.0. The van der Waals surface area contributed by atoms with Gasteiger partial charge < -0.3 is 5.11 Å². The van der Waals surface area contributed by atoms with Crippen molar-refractivity contribution in [3.8, 4) is 0 Å². The Hall–Kier alpha value is -0.960. The van der Waals surface area contributed by atoms with E-state index >= 15 is 0 Å². The van der Waals surface area contributed by atoms with Crippen molar-refractivity contribution in [2.75, 3.05) is 0 Å². The van der Waals surface area contributed by atoms with Gasteiger partial charge >= 0.3 is 5.97 Å². The van der Waals surface area contributed by atoms with Crippen molar-refractivity contribution in [1.29, 1.82) is 0 Å². The molecule has 0 unspecified atom stereocenters. The zero-order valence-corrected chi connectivity index (χ0v) is 9.37. The fourth-order valence-corrected chi connectivity index (χ4v) is 0.949. The van der Waals surface area contributed by atoms with E-state index in [4.69, 9.17) is 5.11 Å². The number of carboxylic acids is 1. The predicted molar refractivity (Wildman–Crippen MR) is 60.8 cm³/mol. The van der Waals surface area contributed by atoms with E-state index in [0.29, 0.717) is 0 Å². The van der Waals surface area contributed by atoms with Crippen LogP contribution in [0.2, 0.25) is 0 Å². The number of hydrogen-bond donors (Lipinski definition) is 2. The van der Waals surface area contributed by atoms with Crippen LogP contribution in [0.5, 0.6) is 0 Å². The summed E-state index contributed by atoms with van der Waals surface area (Å²) in [5.74, 6) is -0.438. The summed E-state index contributed by atoms with van der Waals surface area (Å²) in [6, 6.07) is 9.79. The first-order chi connectivity index (χ1) is 6.52. The van der Waals surface area contributed by atoms with Gasteiger partial charge in [-0.15, -0.1) is 12.6 Å². The van der Waals surface area contributed by atoms with Gasteiger partial charge in [0.05, 0.1) is 0 Å². The minimum Gasteiger partial charge on any atom is -0.481 e. The zero-order valence-electron chi connectivity index (χ0n) is 8.47. The Kier molecular flexibility index (Phi) is 6.93. The Morgan fingerprint density at radius 2 is 1.86 bits per heavy atom. The molecule has 0 heterocycles. The topological polar surface area (TPSA) is 37.3 Å². The Morgan fingerprint density at radius 1 is 1.36 bits per heavy atom. The van der Waals surface area contributed by atoms with Gasteiger partial charge in [-0.05, 0) is 18.1 Å². The van der Waals surface area contributed by atoms with Crippen molar-refractivity contribution in [1.82, 2.24) is 0 Å². The maximum Gasteiger partial charge on any atom is 0.303 e. The maximum absolute atomic E-state index is 9.81. The maximum atomic E-state index is 9.81. The number of carbonyl (C=O) groups is 1. The third kappa shape index (κ3) is 9.13. The van der Waals surface area contributed by atoms with E-state index in [1.165, 1.54) is 0 Å². The lowest BCUT2D eigenvalue weighted by molar-refractivity contribution is -0.137. The Bertz CT molecular complexity index is 257. The van der Waals surface area contributed by atoms with Crippen LogP contribution in [0, 0.1) is 5.92 Å². The molecule has 1 aromatic rings. The summed E-state index contributed by atoms with van der Waals surface area (Å²) in [4.78, 5) is 10.8. The summed E-state index contributed by atoms with van der Waals surface area (Å²) < 4.78 is 0. The molecule has 78 valence electrons. The molecular weight excluding hydrogens is 196 g/mol. The minimum atomic E-state index is -0.713. The van der Waals surface area contributed by atoms with E-state index in [1.54, 1.807) is 0 Å². The number of thiol groups is 1. The van der Waals surface area contributed by atoms with Gasteiger partial charge in [0.1, 0.15) is 0 Å². The highest BCUT2D eigenvalue weighted by molar-refractivity contribution is 7.80. The molecule has 0 aliphatic heterocycles. The number of carboxylic acid groups (broad SMARTS) is 1. The Balaban J connectivity index is 0.000000241. The van der Waals surface area contributed by atoms with Gasteiger partial charge in [-0.1, -0.05) is 32.0 Å². The van der Waals surface area contributed by atoms with E-state index in [2.05, 4.69) is 12.6 Å². The number of rotatable bonds is 2. The lowest BCUT2D eigenvalue weighted by Gasteiger charge is -1.94. The predicted octanol–water partition coefficient (Wildman–Crippen LogP) is 3.09. The monoisotopic (exact) mass is 212 g/mol. The quantitative estimate of drug-likeness (QED) is 0.739. The van der Waals surface area contributed by atoms with E-state index in [9.17, 15) is 4.79 Å². The molecule has 0 aliphatic carbocycles. The average Bonchev–Trinajstić information content (AvgIpc) is 2.03. The molecule has 0 bridgehead atoms. The van der Waals surface area contributed by atoms with Crippen LogP contribution in [0.25, 0.3) is 0 Å². The molecule has 0 saturated heterocycles. The molecule has 1 rings (SSSR count). The van der Waals surface area contributed by atoms with E-state index in [1.807, 2.05) is 44.2 Å². The molecule has 0 radical (unpaired) electrons. The fourth-order valence-electron chi connectivity index (χ4n) is 0.777. The third-order valence-corrected chi connectivity index (χ3v) is 1.64. The standard InChI is InChI=1S/C6H6S.C5H10O2/c7-6-4-2-1-3-5-6;1-4(2)3-5(6)7/h1-5,7H;4H,3H2,1-2H3,(H,6,7). The van der Waals surface area contributed by atoms with Crippen LogP contribution in [-0.2, 0) is 4.79 Å². The molecule has 0 aliphatic rings. The second-order valence-corrected chi connectivity index (χ2v) is 3.84. The van der Waals surface area contributed by atoms with Crippen LogP contribution in [0.15, 0.2) is 35.2 Å². The van der Waals surface area contributed by atoms with Crippen LogP contribution >= 0.6 is 12.6 Å². The lowest BCUT2D eigenvalue weighted by Crippen LogP contribution is -1.99. The molecule has 14 heavy (non-hydrogen) atoms. The molecule has 1 aromatic carbocycles. The van der Waals surface area contributed by atoms with Crippen molar-refractivity contribution < 1.29 is 9.90 Å². The van der Waals surface area contributed by atoms with Crippen molar-refractivity contribution >= 4 is 18.6 Å². The van der Waals surface area contributed by atoms with Crippen LogP contribution in [-0.4, -0.2) is 11.1 Å². The van der Waals surface area contributed by atoms with Gasteiger partial charge in [0.2, 0.25) is 0 Å². The fraction of sp³-hybridized carbons (Fsp3) is 0.364.